The number of nitrogens with one attached hydrogen (secondary N) is 1. The summed E-state index contributed by atoms with van der Waals surface area (Å²) >= 11 is 0. The maximum Gasteiger partial charge on any atom is 0.338 e. The number of carbonyl (C=O) groups excluding carboxylic acids is 2. The SMILES string of the molecule is COC(=O)c1ccc(C(=O)O[C@H](C)c2nc3ccccc3[nH]2)cc1. The summed E-state index contributed by atoms with van der Waals surface area (Å²) in [5.41, 5.74) is 2.43. The number of para-hydroxylation sites is 2. The number of methoxy groups -OCH3 is 1. The molecule has 0 radical (unpaired) electrons. The summed E-state index contributed by atoms with van der Waals surface area (Å²) in [6.45, 7) is 1.75. The van der Waals surface area contributed by atoms with Crippen LogP contribution in [0.3, 0.4) is 0 Å². The Morgan fingerprint density at radius 1 is 1.00 bits per heavy atom. The minimum absolute atomic E-state index is 0.352. The normalized spacial score (nSPS) is 11.9. The number of nitrogens with zero attached hydrogens (tertiary/aromatic N) is 1. The summed E-state index contributed by atoms with van der Waals surface area (Å²) in [7, 11) is 1.31. The van der Waals surface area contributed by atoms with Gasteiger partial charge < -0.3 is 14.5 Å². The number of carbonyl (C=O) groups is 2. The highest BCUT2D eigenvalue weighted by molar-refractivity contribution is 5.93. The summed E-state index contributed by atoms with van der Waals surface area (Å²) in [5.74, 6) is -0.360. The van der Waals surface area contributed by atoms with Gasteiger partial charge in [-0.3, -0.25) is 0 Å². The number of fused-ring (bicyclic) bond motifs is 1. The highest BCUT2D eigenvalue weighted by atomic mass is 16.5. The zero-order valence-corrected chi connectivity index (χ0v) is 13.3. The number of imidazole rings is 1. The van der Waals surface area contributed by atoms with Crippen LogP contribution >= 0.6 is 0 Å². The molecule has 6 nitrogen and oxygen atoms in total. The van der Waals surface area contributed by atoms with Crippen LogP contribution < -0.4 is 0 Å². The van der Waals surface area contributed by atoms with Crippen molar-refractivity contribution in [2.24, 2.45) is 0 Å². The molecule has 0 amide bonds. The van der Waals surface area contributed by atoms with Gasteiger partial charge in [-0.25, -0.2) is 14.6 Å². The lowest BCUT2D eigenvalue weighted by atomic mass is 10.1. The first-order chi connectivity index (χ1) is 11.6. The molecule has 0 aliphatic rings. The number of aromatic amines is 1. The van der Waals surface area contributed by atoms with Crippen LogP contribution in [0.5, 0.6) is 0 Å². The Hall–Kier alpha value is -3.15. The van der Waals surface area contributed by atoms with Crippen LogP contribution in [0.25, 0.3) is 11.0 Å². The van der Waals surface area contributed by atoms with E-state index in [-0.39, 0.29) is 0 Å². The first kappa shape index (κ1) is 15.7. The molecule has 24 heavy (non-hydrogen) atoms. The lowest BCUT2D eigenvalue weighted by molar-refractivity contribution is 0.0321. The van der Waals surface area contributed by atoms with Gasteiger partial charge in [0.1, 0.15) is 5.82 Å². The molecule has 1 heterocycles. The number of benzene rings is 2. The van der Waals surface area contributed by atoms with E-state index in [0.29, 0.717) is 17.0 Å². The van der Waals surface area contributed by atoms with Crippen molar-refractivity contribution >= 4 is 23.0 Å². The largest absolute Gasteiger partial charge is 0.465 e. The zero-order valence-electron chi connectivity index (χ0n) is 13.3. The highest BCUT2D eigenvalue weighted by Gasteiger charge is 2.17. The van der Waals surface area contributed by atoms with Crippen molar-refractivity contribution in [1.29, 1.82) is 0 Å². The van der Waals surface area contributed by atoms with Crippen LogP contribution in [0.15, 0.2) is 48.5 Å². The van der Waals surface area contributed by atoms with E-state index < -0.39 is 18.0 Å². The number of hydrogen-bond acceptors (Lipinski definition) is 5. The van der Waals surface area contributed by atoms with Crippen LogP contribution in [-0.4, -0.2) is 29.0 Å². The van der Waals surface area contributed by atoms with Gasteiger partial charge in [0.15, 0.2) is 6.10 Å². The predicted molar refractivity (Wildman–Crippen MR) is 87.7 cm³/mol. The standard InChI is InChI=1S/C18H16N2O4/c1-11(16-19-14-5-3-4-6-15(14)20-16)24-18(22)13-9-7-12(8-10-13)17(21)23-2/h3-11H,1-2H3,(H,19,20)/t11-/m1/s1. The van der Waals surface area contributed by atoms with E-state index in [0.717, 1.165) is 11.0 Å². The second kappa shape index (κ2) is 6.54. The fourth-order valence-corrected chi connectivity index (χ4v) is 2.31. The quantitative estimate of drug-likeness (QED) is 0.745. The van der Waals surface area contributed by atoms with Crippen LogP contribution in [0.1, 0.15) is 39.6 Å². The van der Waals surface area contributed by atoms with Crippen molar-refractivity contribution in [2.75, 3.05) is 7.11 Å². The second-order valence-electron chi connectivity index (χ2n) is 5.26. The molecule has 1 atom stereocenters. The van der Waals surface area contributed by atoms with Crippen molar-refractivity contribution in [3.05, 3.63) is 65.5 Å². The van der Waals surface area contributed by atoms with Gasteiger partial charge in [-0.15, -0.1) is 0 Å². The third-order valence-corrected chi connectivity index (χ3v) is 3.62. The molecule has 0 aliphatic carbocycles. The van der Waals surface area contributed by atoms with Gasteiger partial charge in [-0.05, 0) is 43.3 Å². The Labute approximate surface area is 138 Å². The van der Waals surface area contributed by atoms with E-state index in [1.54, 1.807) is 6.92 Å². The van der Waals surface area contributed by atoms with Gasteiger partial charge in [0.05, 0.1) is 29.3 Å². The van der Waals surface area contributed by atoms with Gasteiger partial charge in [0.25, 0.3) is 0 Å². The van der Waals surface area contributed by atoms with E-state index in [4.69, 9.17) is 4.74 Å². The average Bonchev–Trinajstić information content (AvgIpc) is 3.05. The third kappa shape index (κ3) is 3.12. The molecule has 6 heteroatoms. The van der Waals surface area contributed by atoms with E-state index in [1.807, 2.05) is 24.3 Å². The van der Waals surface area contributed by atoms with Gasteiger partial charge in [-0.1, -0.05) is 12.1 Å². The lowest BCUT2D eigenvalue weighted by Crippen LogP contribution is -2.11. The van der Waals surface area contributed by atoms with Crippen molar-refractivity contribution in [1.82, 2.24) is 9.97 Å². The molecular weight excluding hydrogens is 308 g/mol. The number of rotatable bonds is 4. The van der Waals surface area contributed by atoms with Gasteiger partial charge in [-0.2, -0.15) is 0 Å². The number of aromatic nitrogens is 2. The Morgan fingerprint density at radius 3 is 2.25 bits per heavy atom. The molecule has 122 valence electrons. The van der Waals surface area contributed by atoms with Crippen molar-refractivity contribution in [3.8, 4) is 0 Å². The Bertz CT molecular complexity index is 850. The van der Waals surface area contributed by atoms with E-state index in [2.05, 4.69) is 14.7 Å². The van der Waals surface area contributed by atoms with E-state index in [1.165, 1.54) is 31.4 Å². The minimum atomic E-state index is -0.523. The molecule has 1 aromatic heterocycles. The van der Waals surface area contributed by atoms with Crippen LogP contribution in [-0.2, 0) is 9.47 Å². The summed E-state index contributed by atoms with van der Waals surface area (Å²) in [6, 6.07) is 13.7. The fraction of sp³-hybridized carbons (Fsp3) is 0.167. The smallest absolute Gasteiger partial charge is 0.338 e. The van der Waals surface area contributed by atoms with Gasteiger partial charge in [0.2, 0.25) is 0 Å². The van der Waals surface area contributed by atoms with Crippen LogP contribution in [0.4, 0.5) is 0 Å². The molecule has 3 rings (SSSR count). The van der Waals surface area contributed by atoms with Crippen molar-refractivity contribution in [3.63, 3.8) is 0 Å². The summed E-state index contributed by atoms with van der Waals surface area (Å²) in [6.07, 6.45) is -0.523. The molecule has 0 fully saturated rings. The summed E-state index contributed by atoms with van der Waals surface area (Å²) < 4.78 is 10.1. The first-order valence-corrected chi connectivity index (χ1v) is 7.42. The average molecular weight is 324 g/mol. The Kier molecular flexibility index (Phi) is 4.29. The topological polar surface area (TPSA) is 81.3 Å². The van der Waals surface area contributed by atoms with Crippen LogP contribution in [0.2, 0.25) is 0 Å². The summed E-state index contributed by atoms with van der Waals surface area (Å²) in [4.78, 5) is 31.2. The lowest BCUT2D eigenvalue weighted by Gasteiger charge is -2.11. The van der Waals surface area contributed by atoms with Gasteiger partial charge in [0, 0.05) is 0 Å². The van der Waals surface area contributed by atoms with E-state index in [9.17, 15) is 9.59 Å². The molecule has 3 aromatic rings. The molecular formula is C18H16N2O4. The van der Waals surface area contributed by atoms with Crippen LogP contribution in [0, 0.1) is 0 Å². The monoisotopic (exact) mass is 324 g/mol. The molecule has 1 N–H and O–H groups in total. The number of ether oxygens (including phenoxy) is 2. The fourth-order valence-electron chi connectivity index (χ4n) is 2.31. The van der Waals surface area contributed by atoms with E-state index >= 15 is 0 Å². The maximum absolute atomic E-state index is 12.2. The Morgan fingerprint density at radius 2 is 1.62 bits per heavy atom. The summed E-state index contributed by atoms with van der Waals surface area (Å²) in [5, 5.41) is 0. The third-order valence-electron chi connectivity index (χ3n) is 3.62. The number of H-pyrrole nitrogens is 1. The molecule has 2 aromatic carbocycles. The van der Waals surface area contributed by atoms with Crippen molar-refractivity contribution in [2.45, 2.75) is 13.0 Å². The maximum atomic E-state index is 12.2. The first-order valence-electron chi connectivity index (χ1n) is 7.42. The number of esters is 2. The molecule has 0 aliphatic heterocycles. The zero-order chi connectivity index (χ0) is 17.1. The molecule has 0 saturated heterocycles. The van der Waals surface area contributed by atoms with Crippen molar-refractivity contribution < 1.29 is 19.1 Å². The molecule has 0 bridgehead atoms. The predicted octanol–water partition coefficient (Wildman–Crippen LogP) is 3.27. The molecule has 0 spiro atoms. The highest BCUT2D eigenvalue weighted by Crippen LogP contribution is 2.20. The number of hydrogen-bond donors (Lipinski definition) is 1. The second-order valence-corrected chi connectivity index (χ2v) is 5.26. The Balaban J connectivity index is 1.72. The molecule has 0 saturated carbocycles. The van der Waals surface area contributed by atoms with Gasteiger partial charge >= 0.3 is 11.9 Å². The molecule has 0 unspecified atom stereocenters. The minimum Gasteiger partial charge on any atom is -0.465 e.